The zero-order chi connectivity index (χ0) is 9.14. The first-order valence-corrected chi connectivity index (χ1v) is 4.47. The molecule has 1 rings (SSSR count). The first-order valence-electron chi connectivity index (χ1n) is 3.55. The Labute approximate surface area is 79.3 Å². The Bertz CT molecular complexity index is 296. The molecule has 0 aliphatic rings. The summed E-state index contributed by atoms with van der Waals surface area (Å²) in [6, 6.07) is 7.43. The molecule has 1 atom stereocenters. The van der Waals surface area contributed by atoms with E-state index < -0.39 is 10.8 Å². The molecule has 12 heavy (non-hydrogen) atoms. The Morgan fingerprint density at radius 2 is 2.08 bits per heavy atom. The van der Waals surface area contributed by atoms with E-state index in [4.69, 9.17) is 5.11 Å². The summed E-state index contributed by atoms with van der Waals surface area (Å²) in [5.41, 5.74) is 1.80. The summed E-state index contributed by atoms with van der Waals surface area (Å²) >= 11 is 3.10. The summed E-state index contributed by atoms with van der Waals surface area (Å²) in [7, 11) is 0. The van der Waals surface area contributed by atoms with Gasteiger partial charge < -0.3 is 5.11 Å². The molecule has 2 nitrogen and oxygen atoms in total. The maximum atomic E-state index is 10.6. The van der Waals surface area contributed by atoms with Crippen molar-refractivity contribution in [2.24, 2.45) is 0 Å². The molecule has 0 heterocycles. The Hall–Kier alpha value is -0.830. The van der Waals surface area contributed by atoms with Gasteiger partial charge in [0.1, 0.15) is 4.83 Å². The lowest BCUT2D eigenvalue weighted by atomic mass is 10.1. The van der Waals surface area contributed by atoms with Gasteiger partial charge in [0, 0.05) is 0 Å². The third-order valence-electron chi connectivity index (χ3n) is 1.68. The standard InChI is InChI=1S/C9H9BrO2/c1-6-4-2-3-5-7(6)8(10)9(11)12/h2-5,8H,1H3,(H,11,12)/t8-/m1/s1. The van der Waals surface area contributed by atoms with E-state index in [-0.39, 0.29) is 0 Å². The minimum Gasteiger partial charge on any atom is -0.480 e. The third-order valence-corrected chi connectivity index (χ3v) is 2.56. The zero-order valence-electron chi connectivity index (χ0n) is 6.62. The minimum absolute atomic E-state index is 0.598. The van der Waals surface area contributed by atoms with Gasteiger partial charge >= 0.3 is 5.97 Å². The van der Waals surface area contributed by atoms with Gasteiger partial charge in [0.05, 0.1) is 0 Å². The number of carboxylic acid groups (broad SMARTS) is 1. The average molecular weight is 229 g/mol. The maximum absolute atomic E-state index is 10.6. The van der Waals surface area contributed by atoms with Crippen LogP contribution in [0.1, 0.15) is 16.0 Å². The molecule has 0 aliphatic carbocycles. The van der Waals surface area contributed by atoms with Crippen LogP contribution >= 0.6 is 15.9 Å². The summed E-state index contributed by atoms with van der Waals surface area (Å²) in [4.78, 5) is 10.0. The highest BCUT2D eigenvalue weighted by Gasteiger charge is 2.16. The van der Waals surface area contributed by atoms with E-state index in [0.717, 1.165) is 11.1 Å². The number of halogens is 1. The maximum Gasteiger partial charge on any atom is 0.321 e. The van der Waals surface area contributed by atoms with Crippen molar-refractivity contribution in [2.75, 3.05) is 0 Å². The predicted octanol–water partition coefficient (Wildman–Crippen LogP) is 2.52. The van der Waals surface area contributed by atoms with Gasteiger partial charge in [0.25, 0.3) is 0 Å². The van der Waals surface area contributed by atoms with E-state index >= 15 is 0 Å². The summed E-state index contributed by atoms with van der Waals surface area (Å²) < 4.78 is 0. The van der Waals surface area contributed by atoms with Gasteiger partial charge in [-0.3, -0.25) is 4.79 Å². The van der Waals surface area contributed by atoms with Crippen LogP contribution in [0.5, 0.6) is 0 Å². The molecule has 0 bridgehead atoms. The number of benzene rings is 1. The van der Waals surface area contributed by atoms with Crippen LogP contribution in [0.4, 0.5) is 0 Å². The van der Waals surface area contributed by atoms with Gasteiger partial charge in [-0.2, -0.15) is 0 Å². The van der Waals surface area contributed by atoms with Gasteiger partial charge in [0.15, 0.2) is 0 Å². The second-order valence-corrected chi connectivity index (χ2v) is 3.47. The first kappa shape index (κ1) is 9.26. The third kappa shape index (κ3) is 1.85. The number of hydrogen-bond acceptors (Lipinski definition) is 1. The van der Waals surface area contributed by atoms with Crippen LogP contribution in [0.3, 0.4) is 0 Å². The molecular formula is C9H9BrO2. The van der Waals surface area contributed by atoms with Crippen LogP contribution in [0.25, 0.3) is 0 Å². The average Bonchev–Trinajstić information content (AvgIpc) is 2.04. The van der Waals surface area contributed by atoms with Crippen molar-refractivity contribution in [1.82, 2.24) is 0 Å². The molecule has 0 unspecified atom stereocenters. The second kappa shape index (κ2) is 3.72. The summed E-state index contributed by atoms with van der Waals surface area (Å²) in [6.45, 7) is 1.90. The van der Waals surface area contributed by atoms with Crippen LogP contribution in [-0.2, 0) is 4.79 Å². The van der Waals surface area contributed by atoms with Gasteiger partial charge in [0.2, 0.25) is 0 Å². The largest absolute Gasteiger partial charge is 0.480 e. The molecule has 1 aromatic carbocycles. The van der Waals surface area contributed by atoms with Crippen molar-refractivity contribution in [1.29, 1.82) is 0 Å². The van der Waals surface area contributed by atoms with Crippen LogP contribution < -0.4 is 0 Å². The fraction of sp³-hybridized carbons (Fsp3) is 0.222. The van der Waals surface area contributed by atoms with E-state index in [1.165, 1.54) is 0 Å². The number of alkyl halides is 1. The Kier molecular flexibility index (Phi) is 2.87. The van der Waals surface area contributed by atoms with Gasteiger partial charge in [-0.25, -0.2) is 0 Å². The fourth-order valence-electron chi connectivity index (χ4n) is 1.00. The second-order valence-electron chi connectivity index (χ2n) is 2.56. The molecule has 64 valence electrons. The zero-order valence-corrected chi connectivity index (χ0v) is 8.21. The van der Waals surface area contributed by atoms with Crippen molar-refractivity contribution in [2.45, 2.75) is 11.8 Å². The topological polar surface area (TPSA) is 37.3 Å². The highest BCUT2D eigenvalue weighted by atomic mass is 79.9. The molecule has 1 aromatic rings. The molecule has 0 spiro atoms. The Balaban J connectivity index is 3.02. The number of carbonyl (C=O) groups is 1. The van der Waals surface area contributed by atoms with Crippen LogP contribution in [0.15, 0.2) is 24.3 Å². The molecule has 0 saturated carbocycles. The molecule has 1 N–H and O–H groups in total. The number of rotatable bonds is 2. The van der Waals surface area contributed by atoms with Gasteiger partial charge in [-0.15, -0.1) is 0 Å². The number of hydrogen-bond donors (Lipinski definition) is 1. The van der Waals surface area contributed by atoms with E-state index in [1.54, 1.807) is 0 Å². The van der Waals surface area contributed by atoms with E-state index in [0.29, 0.717) is 0 Å². The number of aryl methyl sites for hydroxylation is 1. The lowest BCUT2D eigenvalue weighted by Crippen LogP contribution is -2.05. The highest BCUT2D eigenvalue weighted by molar-refractivity contribution is 9.09. The highest BCUT2D eigenvalue weighted by Crippen LogP contribution is 2.25. The van der Waals surface area contributed by atoms with Crippen molar-refractivity contribution < 1.29 is 9.90 Å². The van der Waals surface area contributed by atoms with Crippen molar-refractivity contribution in [3.05, 3.63) is 35.4 Å². The monoisotopic (exact) mass is 228 g/mol. The summed E-state index contributed by atoms with van der Waals surface area (Å²) in [5.74, 6) is -0.857. The van der Waals surface area contributed by atoms with Crippen LogP contribution in [0.2, 0.25) is 0 Å². The first-order chi connectivity index (χ1) is 5.63. The van der Waals surface area contributed by atoms with Gasteiger partial charge in [-0.05, 0) is 18.1 Å². The molecule has 0 amide bonds. The molecule has 3 heteroatoms. The smallest absolute Gasteiger partial charge is 0.321 e. The van der Waals surface area contributed by atoms with Crippen molar-refractivity contribution in [3.8, 4) is 0 Å². The predicted molar refractivity (Wildman–Crippen MR) is 50.5 cm³/mol. The van der Waals surface area contributed by atoms with Gasteiger partial charge in [-0.1, -0.05) is 40.2 Å². The lowest BCUT2D eigenvalue weighted by Gasteiger charge is -2.07. The van der Waals surface area contributed by atoms with Crippen LogP contribution in [-0.4, -0.2) is 11.1 Å². The van der Waals surface area contributed by atoms with Crippen molar-refractivity contribution >= 4 is 21.9 Å². The van der Waals surface area contributed by atoms with Crippen molar-refractivity contribution in [3.63, 3.8) is 0 Å². The van der Waals surface area contributed by atoms with Crippen LogP contribution in [0, 0.1) is 6.92 Å². The molecule has 0 fully saturated rings. The van der Waals surface area contributed by atoms with E-state index in [9.17, 15) is 4.79 Å². The SMILES string of the molecule is Cc1ccccc1[C@@H](Br)C(=O)O. The molecular weight excluding hydrogens is 220 g/mol. The Morgan fingerprint density at radius 3 is 2.58 bits per heavy atom. The van der Waals surface area contributed by atoms with E-state index in [2.05, 4.69) is 15.9 Å². The summed E-state index contributed by atoms with van der Waals surface area (Å²) in [5, 5.41) is 8.71. The lowest BCUT2D eigenvalue weighted by molar-refractivity contribution is -0.136. The molecule has 0 saturated heterocycles. The molecule has 0 aliphatic heterocycles. The fourth-order valence-corrected chi connectivity index (χ4v) is 1.52. The molecule has 0 radical (unpaired) electrons. The van der Waals surface area contributed by atoms with E-state index in [1.807, 2.05) is 31.2 Å². The number of aliphatic carboxylic acids is 1. The number of carboxylic acids is 1. The minimum atomic E-state index is -0.857. The summed E-state index contributed by atoms with van der Waals surface area (Å²) in [6.07, 6.45) is 0. The quantitative estimate of drug-likeness (QED) is 0.791. The molecule has 0 aromatic heterocycles. The Morgan fingerprint density at radius 1 is 1.50 bits per heavy atom. The normalized spacial score (nSPS) is 12.5.